The minimum absolute atomic E-state index is 0.149. The zero-order valence-electron chi connectivity index (χ0n) is 37.0. The molecule has 3 heterocycles. The zero-order valence-corrected chi connectivity index (χ0v) is 37.0. The molecule has 0 aliphatic heterocycles. The van der Waals surface area contributed by atoms with E-state index in [0.717, 1.165) is 101 Å². The number of nitriles is 2. The first-order valence-corrected chi connectivity index (χ1v) is 22.6. The molecular formula is C61H35F3N6. The zero-order chi connectivity index (χ0) is 47.5. The molecule has 0 aliphatic carbocycles. The first-order chi connectivity index (χ1) is 34.2. The standard InChI is InChI=1S/C61H35F3N6/c62-61(63,64)45-25-26-47(44(31-45)37-66)51-29-38(36-65)23-27-58(51)70-57-22-12-9-19-50(57)52-34-41(24-28-59(52)70)42-30-43(33-46(32-42)69-55-20-10-7-17-48(55)49-18-8-11-21-56(49)69)54-35-53(39-13-3-1-4-14-39)67-60(68-54)40-15-5-2-6-16-40/h1-35H. The van der Waals surface area contributed by atoms with Gasteiger partial charge in [0.15, 0.2) is 5.82 Å². The molecule has 0 radical (unpaired) electrons. The van der Waals surface area contributed by atoms with Crippen molar-refractivity contribution in [3.63, 3.8) is 0 Å². The Morgan fingerprint density at radius 1 is 0.400 bits per heavy atom. The molecule has 0 amide bonds. The first kappa shape index (κ1) is 41.8. The molecule has 0 saturated carbocycles. The Morgan fingerprint density at radius 2 is 0.971 bits per heavy atom. The number of fused-ring (bicyclic) bond motifs is 6. The van der Waals surface area contributed by atoms with Gasteiger partial charge in [0.05, 0.1) is 68.0 Å². The van der Waals surface area contributed by atoms with E-state index in [2.05, 4.69) is 124 Å². The van der Waals surface area contributed by atoms with Crippen LogP contribution >= 0.6 is 0 Å². The Bertz CT molecular complexity index is 4030. The van der Waals surface area contributed by atoms with E-state index in [9.17, 15) is 23.7 Å². The molecular weight excluding hydrogens is 874 g/mol. The molecule has 0 N–H and O–H groups in total. The molecule has 0 atom stereocenters. The van der Waals surface area contributed by atoms with Crippen LogP contribution in [0.5, 0.6) is 0 Å². The van der Waals surface area contributed by atoms with Crippen molar-refractivity contribution in [2.45, 2.75) is 6.18 Å². The van der Waals surface area contributed by atoms with Crippen LogP contribution in [-0.4, -0.2) is 19.1 Å². The van der Waals surface area contributed by atoms with Crippen LogP contribution in [0.25, 0.3) is 111 Å². The second-order valence-electron chi connectivity index (χ2n) is 17.1. The first-order valence-electron chi connectivity index (χ1n) is 22.6. The fourth-order valence-corrected chi connectivity index (χ4v) is 9.80. The number of halogens is 3. The van der Waals surface area contributed by atoms with Crippen LogP contribution in [0.4, 0.5) is 13.2 Å². The van der Waals surface area contributed by atoms with Gasteiger partial charge in [-0.05, 0) is 96.1 Å². The highest BCUT2D eigenvalue weighted by Crippen LogP contribution is 2.42. The highest BCUT2D eigenvalue weighted by molar-refractivity contribution is 6.12. The van der Waals surface area contributed by atoms with Crippen molar-refractivity contribution in [2.75, 3.05) is 0 Å². The van der Waals surface area contributed by atoms with E-state index in [1.807, 2.05) is 72.8 Å². The Hall–Kier alpha value is -9.57. The molecule has 6 nitrogen and oxygen atoms in total. The molecule has 0 spiro atoms. The molecule has 70 heavy (non-hydrogen) atoms. The van der Waals surface area contributed by atoms with Crippen LogP contribution in [-0.2, 0) is 6.18 Å². The van der Waals surface area contributed by atoms with Gasteiger partial charge < -0.3 is 9.13 Å². The molecule has 0 bridgehead atoms. The SMILES string of the molecule is N#Cc1ccc(-n2c3ccccc3c3cc(-c4cc(-c5cc(-c6ccccc6)nc(-c6ccccc6)n5)cc(-n5c6ccccc6c6ccccc65)c4)ccc32)c(-c2ccc(C(F)(F)F)cc2C#N)c1. The second-order valence-corrected chi connectivity index (χ2v) is 17.1. The van der Waals surface area contributed by atoms with Gasteiger partial charge in [-0.15, -0.1) is 0 Å². The van der Waals surface area contributed by atoms with E-state index in [-0.39, 0.29) is 11.1 Å². The van der Waals surface area contributed by atoms with Crippen molar-refractivity contribution in [3.8, 4) is 79.7 Å². The van der Waals surface area contributed by atoms with Crippen molar-refractivity contribution in [3.05, 3.63) is 229 Å². The second kappa shape index (κ2) is 16.6. The maximum absolute atomic E-state index is 13.9. The molecule has 0 saturated heterocycles. The predicted octanol–water partition coefficient (Wildman–Crippen LogP) is 15.8. The predicted molar refractivity (Wildman–Crippen MR) is 272 cm³/mol. The molecule has 9 aromatic carbocycles. The molecule has 0 unspecified atom stereocenters. The lowest BCUT2D eigenvalue weighted by molar-refractivity contribution is -0.137. The normalized spacial score (nSPS) is 11.6. The number of hydrogen-bond donors (Lipinski definition) is 0. The van der Waals surface area contributed by atoms with E-state index in [1.165, 1.54) is 6.07 Å². The molecule has 0 fully saturated rings. The lowest BCUT2D eigenvalue weighted by Crippen LogP contribution is -2.06. The average molecular weight is 909 g/mol. The molecule has 0 aliphatic rings. The molecule has 9 heteroatoms. The summed E-state index contributed by atoms with van der Waals surface area (Å²) in [5, 5.41) is 24.4. The number of nitrogens with zero attached hydrogens (tertiary/aromatic N) is 6. The number of rotatable bonds is 7. The molecule has 330 valence electrons. The third kappa shape index (κ3) is 7.13. The van der Waals surface area contributed by atoms with Gasteiger partial charge >= 0.3 is 6.18 Å². The quantitative estimate of drug-likeness (QED) is 0.159. The van der Waals surface area contributed by atoms with Crippen LogP contribution in [0.3, 0.4) is 0 Å². The van der Waals surface area contributed by atoms with Crippen molar-refractivity contribution >= 4 is 43.6 Å². The Kier molecular flexibility index (Phi) is 9.94. The summed E-state index contributed by atoms with van der Waals surface area (Å²) >= 11 is 0. The van der Waals surface area contributed by atoms with E-state index in [1.54, 1.807) is 18.2 Å². The Balaban J connectivity index is 1.10. The number of para-hydroxylation sites is 3. The average Bonchev–Trinajstić information content (AvgIpc) is 3.93. The van der Waals surface area contributed by atoms with E-state index < -0.39 is 11.7 Å². The third-order valence-corrected chi connectivity index (χ3v) is 13.0. The van der Waals surface area contributed by atoms with E-state index in [0.29, 0.717) is 22.6 Å². The summed E-state index contributed by atoms with van der Waals surface area (Å²) in [6, 6.07) is 72.4. The Morgan fingerprint density at radius 3 is 1.61 bits per heavy atom. The summed E-state index contributed by atoms with van der Waals surface area (Å²) < 4.78 is 46.0. The minimum Gasteiger partial charge on any atom is -0.309 e. The Labute approximate surface area is 399 Å². The summed E-state index contributed by atoms with van der Waals surface area (Å²) in [7, 11) is 0. The lowest BCUT2D eigenvalue weighted by Gasteiger charge is -2.17. The third-order valence-electron chi connectivity index (χ3n) is 13.0. The van der Waals surface area contributed by atoms with Gasteiger partial charge in [0, 0.05) is 55.0 Å². The van der Waals surface area contributed by atoms with Gasteiger partial charge in [-0.1, -0.05) is 127 Å². The van der Waals surface area contributed by atoms with Crippen LogP contribution in [0.15, 0.2) is 212 Å². The summed E-state index contributed by atoms with van der Waals surface area (Å²) in [4.78, 5) is 10.4. The summed E-state index contributed by atoms with van der Waals surface area (Å²) in [5.74, 6) is 0.607. The van der Waals surface area contributed by atoms with Crippen molar-refractivity contribution < 1.29 is 13.2 Å². The number of aromatic nitrogens is 4. The van der Waals surface area contributed by atoms with Crippen molar-refractivity contribution in [1.82, 2.24) is 19.1 Å². The highest BCUT2D eigenvalue weighted by atomic mass is 19.4. The van der Waals surface area contributed by atoms with Gasteiger partial charge in [-0.2, -0.15) is 23.7 Å². The number of benzene rings is 9. The lowest BCUT2D eigenvalue weighted by atomic mass is 9.95. The van der Waals surface area contributed by atoms with Crippen LogP contribution in [0.2, 0.25) is 0 Å². The highest BCUT2D eigenvalue weighted by Gasteiger charge is 2.31. The summed E-state index contributed by atoms with van der Waals surface area (Å²) in [5.41, 5.74) is 11.5. The van der Waals surface area contributed by atoms with Crippen LogP contribution in [0, 0.1) is 22.7 Å². The van der Waals surface area contributed by atoms with Gasteiger partial charge in [-0.25, -0.2) is 9.97 Å². The van der Waals surface area contributed by atoms with Gasteiger partial charge in [0.1, 0.15) is 0 Å². The fraction of sp³-hybridized carbons (Fsp3) is 0.0164. The van der Waals surface area contributed by atoms with Crippen LogP contribution < -0.4 is 0 Å². The monoisotopic (exact) mass is 908 g/mol. The van der Waals surface area contributed by atoms with Crippen molar-refractivity contribution in [1.29, 1.82) is 10.5 Å². The number of alkyl halides is 3. The van der Waals surface area contributed by atoms with Crippen molar-refractivity contribution in [2.24, 2.45) is 0 Å². The van der Waals surface area contributed by atoms with Gasteiger partial charge in [-0.3, -0.25) is 0 Å². The maximum atomic E-state index is 13.9. The molecule has 3 aromatic heterocycles. The maximum Gasteiger partial charge on any atom is 0.416 e. The minimum atomic E-state index is -4.64. The summed E-state index contributed by atoms with van der Waals surface area (Å²) in [6.45, 7) is 0. The van der Waals surface area contributed by atoms with Gasteiger partial charge in [0.2, 0.25) is 0 Å². The smallest absolute Gasteiger partial charge is 0.309 e. The van der Waals surface area contributed by atoms with E-state index >= 15 is 0 Å². The van der Waals surface area contributed by atoms with Crippen LogP contribution in [0.1, 0.15) is 16.7 Å². The topological polar surface area (TPSA) is 83.2 Å². The number of hydrogen-bond acceptors (Lipinski definition) is 4. The largest absolute Gasteiger partial charge is 0.416 e. The van der Waals surface area contributed by atoms with Gasteiger partial charge in [0.25, 0.3) is 0 Å². The molecule has 12 rings (SSSR count). The molecule has 12 aromatic rings. The fourth-order valence-electron chi connectivity index (χ4n) is 9.80. The van der Waals surface area contributed by atoms with E-state index in [4.69, 9.17) is 9.97 Å². The summed E-state index contributed by atoms with van der Waals surface area (Å²) in [6.07, 6.45) is -4.64.